The fourth-order valence-corrected chi connectivity index (χ4v) is 2.94. The van der Waals surface area contributed by atoms with Crippen LogP contribution < -0.4 is 4.74 Å². The van der Waals surface area contributed by atoms with E-state index in [1.165, 1.54) is 0 Å². The molecular formula is C18H20N2O2. The Kier molecular flexibility index (Phi) is 4.37. The highest BCUT2D eigenvalue weighted by Gasteiger charge is 2.33. The van der Waals surface area contributed by atoms with Crippen molar-refractivity contribution in [2.24, 2.45) is 0 Å². The summed E-state index contributed by atoms with van der Waals surface area (Å²) in [6.45, 7) is 2.59. The van der Waals surface area contributed by atoms with E-state index in [0.29, 0.717) is 0 Å². The minimum Gasteiger partial charge on any atom is -0.481 e. The van der Waals surface area contributed by atoms with Gasteiger partial charge >= 0.3 is 0 Å². The average molecular weight is 296 g/mol. The number of amides is 1. The normalized spacial score (nSPS) is 19.0. The van der Waals surface area contributed by atoms with Crippen LogP contribution >= 0.6 is 0 Å². The van der Waals surface area contributed by atoms with Crippen molar-refractivity contribution in [3.05, 3.63) is 60.4 Å². The molecule has 0 saturated carbocycles. The molecular weight excluding hydrogens is 276 g/mol. The molecule has 1 aliphatic rings. The molecule has 1 saturated heterocycles. The first kappa shape index (κ1) is 14.6. The predicted octanol–water partition coefficient (Wildman–Crippen LogP) is 3.21. The van der Waals surface area contributed by atoms with Crippen molar-refractivity contribution >= 4 is 5.91 Å². The van der Waals surface area contributed by atoms with E-state index in [1.54, 1.807) is 6.20 Å². The van der Waals surface area contributed by atoms with Crippen molar-refractivity contribution in [3.63, 3.8) is 0 Å². The zero-order chi connectivity index (χ0) is 15.4. The highest BCUT2D eigenvalue weighted by molar-refractivity contribution is 5.81. The Labute approximate surface area is 130 Å². The summed E-state index contributed by atoms with van der Waals surface area (Å²) >= 11 is 0. The second-order valence-corrected chi connectivity index (χ2v) is 5.55. The molecule has 0 bridgehead atoms. The van der Waals surface area contributed by atoms with Gasteiger partial charge in [0, 0.05) is 18.9 Å². The summed E-state index contributed by atoms with van der Waals surface area (Å²) < 4.78 is 5.77. The number of hydrogen-bond acceptors (Lipinski definition) is 3. The lowest BCUT2D eigenvalue weighted by Crippen LogP contribution is -2.40. The zero-order valence-corrected chi connectivity index (χ0v) is 12.7. The monoisotopic (exact) mass is 296 g/mol. The molecule has 0 N–H and O–H groups in total. The number of benzene rings is 1. The van der Waals surface area contributed by atoms with Crippen LogP contribution in [-0.4, -0.2) is 28.4 Å². The minimum atomic E-state index is -0.486. The molecule has 0 radical (unpaired) electrons. The highest BCUT2D eigenvalue weighted by atomic mass is 16.5. The number of hydrogen-bond donors (Lipinski definition) is 0. The zero-order valence-electron chi connectivity index (χ0n) is 12.7. The lowest BCUT2D eigenvalue weighted by atomic mass is 10.1. The molecule has 114 valence electrons. The van der Waals surface area contributed by atoms with Crippen LogP contribution in [0.2, 0.25) is 0 Å². The van der Waals surface area contributed by atoms with Gasteiger partial charge in [0.1, 0.15) is 5.75 Å². The van der Waals surface area contributed by atoms with Crippen LogP contribution in [0.25, 0.3) is 0 Å². The third kappa shape index (κ3) is 3.11. The quantitative estimate of drug-likeness (QED) is 0.870. The summed E-state index contributed by atoms with van der Waals surface area (Å²) in [5.74, 6) is 0.760. The van der Waals surface area contributed by atoms with Gasteiger partial charge in [0.15, 0.2) is 6.10 Å². The molecule has 2 heterocycles. The average Bonchev–Trinajstić information content (AvgIpc) is 3.05. The SMILES string of the molecule is CC(Oc1ccccc1)C(=O)N1CCCC1c1cccnc1. The standard InChI is InChI=1S/C18H20N2O2/c1-14(22-16-8-3-2-4-9-16)18(21)20-12-6-10-17(20)15-7-5-11-19-13-15/h2-5,7-9,11,13-14,17H,6,10,12H2,1H3. The van der Waals surface area contributed by atoms with Gasteiger partial charge in [-0.3, -0.25) is 9.78 Å². The third-order valence-electron chi connectivity index (χ3n) is 4.01. The maximum absolute atomic E-state index is 12.7. The molecule has 2 unspecified atom stereocenters. The van der Waals surface area contributed by atoms with Gasteiger partial charge in [0.25, 0.3) is 5.91 Å². The number of carbonyl (C=O) groups is 1. The van der Waals surface area contributed by atoms with E-state index >= 15 is 0 Å². The van der Waals surface area contributed by atoms with Gasteiger partial charge in [-0.05, 0) is 43.5 Å². The van der Waals surface area contributed by atoms with E-state index in [-0.39, 0.29) is 11.9 Å². The van der Waals surface area contributed by atoms with Gasteiger partial charge in [0.05, 0.1) is 6.04 Å². The van der Waals surface area contributed by atoms with E-state index in [2.05, 4.69) is 4.98 Å². The number of aromatic nitrogens is 1. The molecule has 3 rings (SSSR count). The number of rotatable bonds is 4. The van der Waals surface area contributed by atoms with E-state index in [9.17, 15) is 4.79 Å². The Morgan fingerprint density at radius 1 is 1.27 bits per heavy atom. The summed E-state index contributed by atoms with van der Waals surface area (Å²) in [6, 6.07) is 13.5. The van der Waals surface area contributed by atoms with Crippen LogP contribution in [0.1, 0.15) is 31.4 Å². The van der Waals surface area contributed by atoms with Gasteiger partial charge in [0.2, 0.25) is 0 Å². The summed E-state index contributed by atoms with van der Waals surface area (Å²) in [7, 11) is 0. The smallest absolute Gasteiger partial charge is 0.263 e. The van der Waals surface area contributed by atoms with Gasteiger partial charge in [-0.15, -0.1) is 0 Å². The number of para-hydroxylation sites is 1. The van der Waals surface area contributed by atoms with Crippen LogP contribution in [0.5, 0.6) is 5.75 Å². The Balaban J connectivity index is 1.71. The summed E-state index contributed by atoms with van der Waals surface area (Å²) in [4.78, 5) is 18.8. The van der Waals surface area contributed by atoms with Crippen LogP contribution in [0.15, 0.2) is 54.9 Å². The molecule has 1 aliphatic heterocycles. The van der Waals surface area contributed by atoms with Crippen LogP contribution in [0.3, 0.4) is 0 Å². The van der Waals surface area contributed by atoms with E-state index < -0.39 is 6.10 Å². The molecule has 4 heteroatoms. The largest absolute Gasteiger partial charge is 0.481 e. The molecule has 22 heavy (non-hydrogen) atoms. The molecule has 1 fully saturated rings. The van der Waals surface area contributed by atoms with Crippen molar-refractivity contribution < 1.29 is 9.53 Å². The fraction of sp³-hybridized carbons (Fsp3) is 0.333. The van der Waals surface area contributed by atoms with E-state index in [1.807, 2.05) is 60.5 Å². The number of carbonyl (C=O) groups excluding carboxylic acids is 1. The summed E-state index contributed by atoms with van der Waals surface area (Å²) in [6.07, 6.45) is 5.11. The van der Waals surface area contributed by atoms with Crippen molar-refractivity contribution in [2.45, 2.75) is 31.9 Å². The molecule has 1 amide bonds. The maximum atomic E-state index is 12.7. The highest BCUT2D eigenvalue weighted by Crippen LogP contribution is 2.32. The first-order chi connectivity index (χ1) is 10.8. The van der Waals surface area contributed by atoms with Crippen molar-refractivity contribution in [1.29, 1.82) is 0 Å². The lowest BCUT2D eigenvalue weighted by molar-refractivity contribution is -0.138. The first-order valence-electron chi connectivity index (χ1n) is 7.68. The summed E-state index contributed by atoms with van der Waals surface area (Å²) in [5, 5.41) is 0. The minimum absolute atomic E-state index is 0.0372. The van der Waals surface area contributed by atoms with Crippen LogP contribution in [0, 0.1) is 0 Å². The number of ether oxygens (including phenoxy) is 1. The maximum Gasteiger partial charge on any atom is 0.263 e. The molecule has 2 aromatic rings. The molecule has 0 spiro atoms. The van der Waals surface area contributed by atoms with Gasteiger partial charge in [-0.2, -0.15) is 0 Å². The van der Waals surface area contributed by atoms with E-state index in [4.69, 9.17) is 4.74 Å². The van der Waals surface area contributed by atoms with Gasteiger partial charge in [-0.25, -0.2) is 0 Å². The topological polar surface area (TPSA) is 42.4 Å². The second-order valence-electron chi connectivity index (χ2n) is 5.55. The van der Waals surface area contributed by atoms with Crippen molar-refractivity contribution in [2.75, 3.05) is 6.54 Å². The number of nitrogens with zero attached hydrogens (tertiary/aromatic N) is 2. The molecule has 1 aromatic heterocycles. The van der Waals surface area contributed by atoms with Crippen molar-refractivity contribution in [1.82, 2.24) is 9.88 Å². The van der Waals surface area contributed by atoms with Crippen LogP contribution in [-0.2, 0) is 4.79 Å². The number of likely N-dealkylation sites (tertiary alicyclic amines) is 1. The van der Waals surface area contributed by atoms with Gasteiger partial charge < -0.3 is 9.64 Å². The summed E-state index contributed by atoms with van der Waals surface area (Å²) in [5.41, 5.74) is 1.10. The van der Waals surface area contributed by atoms with E-state index in [0.717, 1.165) is 30.7 Å². The molecule has 1 aromatic carbocycles. The fourth-order valence-electron chi connectivity index (χ4n) is 2.94. The molecule has 0 aliphatic carbocycles. The third-order valence-corrected chi connectivity index (χ3v) is 4.01. The van der Waals surface area contributed by atoms with Crippen molar-refractivity contribution in [3.8, 4) is 5.75 Å². The van der Waals surface area contributed by atoms with Gasteiger partial charge in [-0.1, -0.05) is 24.3 Å². The van der Waals surface area contributed by atoms with Crippen LogP contribution in [0.4, 0.5) is 0 Å². The molecule has 4 nitrogen and oxygen atoms in total. The Morgan fingerprint density at radius 3 is 2.82 bits per heavy atom. The lowest BCUT2D eigenvalue weighted by Gasteiger charge is -2.27. The second kappa shape index (κ2) is 6.60. The first-order valence-corrected chi connectivity index (χ1v) is 7.68. The molecule has 2 atom stereocenters. The Bertz CT molecular complexity index is 615. The number of pyridine rings is 1. The Morgan fingerprint density at radius 2 is 2.09 bits per heavy atom. The predicted molar refractivity (Wildman–Crippen MR) is 84.5 cm³/mol. The Hall–Kier alpha value is -2.36.